The van der Waals surface area contributed by atoms with Crippen LogP contribution in [0.25, 0.3) is 0 Å². The van der Waals surface area contributed by atoms with Gasteiger partial charge in [0.05, 0.1) is 0 Å². The van der Waals surface area contributed by atoms with Crippen molar-refractivity contribution >= 4 is 40.7 Å². The fraction of sp³-hybridized carbons (Fsp3) is 0. The second-order valence-electron chi connectivity index (χ2n) is 0. The van der Waals surface area contributed by atoms with Crippen molar-refractivity contribution in [2.75, 3.05) is 0 Å². The van der Waals surface area contributed by atoms with Crippen LogP contribution in [0.4, 0.5) is 0 Å². The molecule has 0 heterocycles. The van der Waals surface area contributed by atoms with Crippen LogP contribution in [0, 0.1) is 0 Å². The normalized spacial score (nSPS) is 1.85. The molecule has 0 saturated carbocycles. The van der Waals surface area contributed by atoms with Crippen molar-refractivity contribution < 1.29 is 46.1 Å². The summed E-state index contributed by atoms with van der Waals surface area (Å²) in [4.78, 5) is 46.5. The molecule has 0 aliphatic carbocycles. The summed E-state index contributed by atoms with van der Waals surface area (Å²) in [7, 11) is 0. The second-order valence-corrected chi connectivity index (χ2v) is 0. The predicted molar refractivity (Wildman–Crippen MR) is 40.5 cm³/mol. The molecule has 0 radical (unpaired) electrons. The van der Waals surface area contributed by atoms with Gasteiger partial charge in [0, 0.05) is 0 Å². The summed E-state index contributed by atoms with van der Waals surface area (Å²) in [5.74, 6) is 0. The Balaban J connectivity index is -0.00000000655. The van der Waals surface area contributed by atoms with Crippen LogP contribution in [0.1, 0.15) is 0 Å². The standard InChI is InChI=1S/6CHO.Cr/c6*1-2;/h6*1H;/q6*-1;+6. The third-order valence-electron chi connectivity index (χ3n) is 0. The van der Waals surface area contributed by atoms with Gasteiger partial charge in [0.25, 0.3) is 0 Å². The Morgan fingerprint density at radius 3 is 0.308 bits per heavy atom. The Bertz CT molecular complexity index is 32.6. The van der Waals surface area contributed by atoms with Crippen LogP contribution in [0.2, 0.25) is 0 Å². The molecular formula is C6H6CrO6. The van der Waals surface area contributed by atoms with Crippen LogP contribution >= 0.6 is 0 Å². The number of hydrogen-bond donors (Lipinski definition) is 0. The van der Waals surface area contributed by atoms with Gasteiger partial charge >= 0.3 is 17.4 Å². The molecule has 0 atom stereocenters. The zero-order valence-electron chi connectivity index (χ0n) is 6.32. The van der Waals surface area contributed by atoms with E-state index in [1.165, 1.54) is 0 Å². The van der Waals surface area contributed by atoms with Gasteiger partial charge in [0.15, 0.2) is 0 Å². The van der Waals surface area contributed by atoms with E-state index in [0.717, 1.165) is 0 Å². The topological polar surface area (TPSA) is 102 Å². The molecule has 0 aromatic rings. The zero-order chi connectivity index (χ0) is 12.0. The first-order valence-electron chi connectivity index (χ1n) is 1.41. The van der Waals surface area contributed by atoms with Gasteiger partial charge in [0.2, 0.25) is 0 Å². The quantitative estimate of drug-likeness (QED) is 0.362. The molecule has 0 spiro atoms. The summed E-state index contributed by atoms with van der Waals surface area (Å²) < 4.78 is 0. The third kappa shape index (κ3) is 368. The minimum absolute atomic E-state index is 0. The van der Waals surface area contributed by atoms with Crippen molar-refractivity contribution in [3.05, 3.63) is 0 Å². The maximum Gasteiger partial charge on any atom is 6.00 e. The van der Waals surface area contributed by atoms with Crippen LogP contribution < -0.4 is 0 Å². The van der Waals surface area contributed by atoms with Crippen molar-refractivity contribution in [3.8, 4) is 0 Å². The second kappa shape index (κ2) is 460. The summed E-state index contributed by atoms with van der Waals surface area (Å²) in [6, 6.07) is 0. The SMILES string of the molecule is [CH-]=O.[CH-]=O.[CH-]=O.[CH-]=O.[CH-]=O.[CH-]=O.[Cr+6]. The van der Waals surface area contributed by atoms with Crippen LogP contribution in [0.5, 0.6) is 0 Å². The fourth-order valence-corrected chi connectivity index (χ4v) is 0. The molecule has 6 nitrogen and oxygen atoms in total. The van der Waals surface area contributed by atoms with E-state index in [2.05, 4.69) is 40.7 Å². The Morgan fingerprint density at radius 2 is 0.308 bits per heavy atom. The van der Waals surface area contributed by atoms with Gasteiger partial charge in [-0.15, -0.1) is 0 Å². The summed E-state index contributed by atoms with van der Waals surface area (Å²) in [6.45, 7) is 19.5. The average molecular weight is 226 g/mol. The van der Waals surface area contributed by atoms with Crippen LogP contribution in [-0.4, -0.2) is 40.7 Å². The number of carbonyl (C=O) groups excluding carboxylic acids is 6. The van der Waals surface area contributed by atoms with Crippen molar-refractivity contribution in [2.45, 2.75) is 0 Å². The molecule has 0 bridgehead atoms. The van der Waals surface area contributed by atoms with E-state index in [4.69, 9.17) is 28.8 Å². The summed E-state index contributed by atoms with van der Waals surface area (Å²) in [5, 5.41) is 0. The Labute approximate surface area is 87.4 Å². The van der Waals surface area contributed by atoms with Gasteiger partial charge in [-0.25, -0.2) is 0 Å². The molecule has 0 saturated heterocycles. The smallest absolute Gasteiger partial charge is 0.545 e. The van der Waals surface area contributed by atoms with Gasteiger partial charge in [0.1, 0.15) is 0 Å². The van der Waals surface area contributed by atoms with Crippen molar-refractivity contribution in [3.63, 3.8) is 0 Å². The largest absolute Gasteiger partial charge is 6.00 e. The van der Waals surface area contributed by atoms with Gasteiger partial charge in [-0.3, -0.25) is 40.7 Å². The molecule has 0 fully saturated rings. The van der Waals surface area contributed by atoms with Gasteiger partial charge < -0.3 is 28.8 Å². The summed E-state index contributed by atoms with van der Waals surface area (Å²) in [5.41, 5.74) is 0. The molecule has 0 aliphatic rings. The van der Waals surface area contributed by atoms with Crippen molar-refractivity contribution in [1.82, 2.24) is 0 Å². The third-order valence-corrected chi connectivity index (χ3v) is 0. The van der Waals surface area contributed by atoms with Gasteiger partial charge in [-0.2, -0.15) is 0 Å². The minimum atomic E-state index is 0. The predicted octanol–water partition coefficient (Wildman–Crippen LogP) is -1.65. The molecular weight excluding hydrogens is 220 g/mol. The average Bonchev–Trinajstić information content (AvgIpc) is 2.33. The molecule has 0 rings (SSSR count). The number of hydrogen-bond acceptors (Lipinski definition) is 6. The molecule has 0 N–H and O–H groups in total. The van der Waals surface area contributed by atoms with Crippen molar-refractivity contribution in [2.24, 2.45) is 0 Å². The fourth-order valence-electron chi connectivity index (χ4n) is 0. The van der Waals surface area contributed by atoms with Crippen LogP contribution in [0.15, 0.2) is 0 Å². The van der Waals surface area contributed by atoms with E-state index in [-0.39, 0.29) is 17.4 Å². The molecule has 72 valence electrons. The first kappa shape index (κ1) is 62.1. The first-order chi connectivity index (χ1) is 6.00. The van der Waals surface area contributed by atoms with E-state index in [9.17, 15) is 0 Å². The maximum absolute atomic E-state index is 7.75. The minimum Gasteiger partial charge on any atom is -0.545 e. The number of rotatable bonds is 0. The van der Waals surface area contributed by atoms with E-state index in [1.54, 1.807) is 0 Å². The molecule has 0 unspecified atom stereocenters. The van der Waals surface area contributed by atoms with E-state index < -0.39 is 0 Å². The van der Waals surface area contributed by atoms with E-state index in [1.807, 2.05) is 0 Å². The Morgan fingerprint density at radius 1 is 0.308 bits per heavy atom. The van der Waals surface area contributed by atoms with E-state index >= 15 is 0 Å². The summed E-state index contributed by atoms with van der Waals surface area (Å²) in [6.07, 6.45) is 0. The summed E-state index contributed by atoms with van der Waals surface area (Å²) >= 11 is 0. The van der Waals surface area contributed by atoms with Gasteiger partial charge in [-0.1, -0.05) is 0 Å². The molecule has 0 aliphatic heterocycles. The zero-order valence-corrected chi connectivity index (χ0v) is 7.60. The Hall–Kier alpha value is -1.45. The molecule has 0 amide bonds. The molecule has 0 aromatic heterocycles. The van der Waals surface area contributed by atoms with Crippen LogP contribution in [0.3, 0.4) is 0 Å². The van der Waals surface area contributed by atoms with E-state index in [0.29, 0.717) is 0 Å². The first-order valence-corrected chi connectivity index (χ1v) is 1.41. The van der Waals surface area contributed by atoms with Crippen LogP contribution in [-0.2, 0) is 46.1 Å². The monoisotopic (exact) mass is 226 g/mol. The van der Waals surface area contributed by atoms with Gasteiger partial charge in [-0.05, 0) is 0 Å². The Kier molecular flexibility index (Phi) is 2190. The molecule has 13 heavy (non-hydrogen) atoms. The molecule has 0 aromatic carbocycles. The maximum atomic E-state index is 7.75. The molecule has 7 heteroatoms. The van der Waals surface area contributed by atoms with Crippen molar-refractivity contribution in [1.29, 1.82) is 0 Å².